The van der Waals surface area contributed by atoms with E-state index in [0.717, 1.165) is 36.3 Å². The number of carbonyl (C=O) groups is 3. The van der Waals surface area contributed by atoms with Crippen molar-refractivity contribution in [3.8, 4) is 0 Å². The molecule has 3 N–H and O–H groups in total. The standard InChI is InChI=1S/C21H26N4O3/c22-19-14-4-5-15(19)10-24(9-14)8-12-2-1-3-13-11-25(21(28)18(12)13)16-6-7-17(26)23-20(16)27/h1-3,14-16,19H,4-11,22H2,(H,23,26,27). The van der Waals surface area contributed by atoms with Crippen molar-refractivity contribution in [2.75, 3.05) is 13.1 Å². The molecule has 2 saturated heterocycles. The Morgan fingerprint density at radius 1 is 1.07 bits per heavy atom. The van der Waals surface area contributed by atoms with E-state index < -0.39 is 6.04 Å². The van der Waals surface area contributed by atoms with E-state index >= 15 is 0 Å². The highest BCUT2D eigenvalue weighted by Crippen LogP contribution is 2.37. The van der Waals surface area contributed by atoms with Crippen molar-refractivity contribution >= 4 is 17.7 Å². The van der Waals surface area contributed by atoms with Gasteiger partial charge in [0, 0.05) is 44.2 Å². The van der Waals surface area contributed by atoms with Crippen LogP contribution in [0.1, 0.15) is 47.2 Å². The van der Waals surface area contributed by atoms with Gasteiger partial charge in [-0.2, -0.15) is 0 Å². The fourth-order valence-corrected chi connectivity index (χ4v) is 5.55. The first-order valence-corrected chi connectivity index (χ1v) is 10.2. The van der Waals surface area contributed by atoms with Crippen LogP contribution in [0.25, 0.3) is 0 Å². The van der Waals surface area contributed by atoms with Crippen LogP contribution in [0.2, 0.25) is 0 Å². The SMILES string of the molecule is NC1C2CCC1CN(Cc1cccc3c1C(=O)N(C1CCC(=O)NC1=O)C3)C2. The normalized spacial score (nSPS) is 32.6. The third kappa shape index (κ3) is 2.84. The maximum atomic E-state index is 13.2. The Kier molecular flexibility index (Phi) is 4.25. The number of rotatable bonds is 3. The molecule has 3 aliphatic heterocycles. The van der Waals surface area contributed by atoms with Crippen LogP contribution in [0.15, 0.2) is 18.2 Å². The van der Waals surface area contributed by atoms with E-state index in [4.69, 9.17) is 5.73 Å². The van der Waals surface area contributed by atoms with Gasteiger partial charge in [-0.05, 0) is 42.2 Å². The minimum atomic E-state index is -0.561. The number of hydrogen-bond acceptors (Lipinski definition) is 5. The van der Waals surface area contributed by atoms with Gasteiger partial charge in [0.05, 0.1) is 0 Å². The van der Waals surface area contributed by atoms with Crippen molar-refractivity contribution < 1.29 is 14.4 Å². The molecule has 0 radical (unpaired) electrons. The van der Waals surface area contributed by atoms with Crippen LogP contribution >= 0.6 is 0 Å². The lowest BCUT2D eigenvalue weighted by atomic mass is 9.92. The largest absolute Gasteiger partial charge is 0.327 e. The number of benzene rings is 1. The molecule has 2 bridgehead atoms. The zero-order chi connectivity index (χ0) is 19.4. The molecular weight excluding hydrogens is 356 g/mol. The third-order valence-corrected chi connectivity index (χ3v) is 7.02. The first kappa shape index (κ1) is 17.8. The average molecular weight is 382 g/mol. The van der Waals surface area contributed by atoms with Crippen molar-refractivity contribution in [3.05, 3.63) is 34.9 Å². The summed E-state index contributed by atoms with van der Waals surface area (Å²) in [4.78, 5) is 41.0. The van der Waals surface area contributed by atoms with Crippen molar-refractivity contribution in [1.82, 2.24) is 15.1 Å². The maximum absolute atomic E-state index is 13.2. The summed E-state index contributed by atoms with van der Waals surface area (Å²) < 4.78 is 0. The van der Waals surface area contributed by atoms with Crippen molar-refractivity contribution in [3.63, 3.8) is 0 Å². The summed E-state index contributed by atoms with van der Waals surface area (Å²) >= 11 is 0. The van der Waals surface area contributed by atoms with Crippen LogP contribution in [0.5, 0.6) is 0 Å². The molecular formula is C21H26N4O3. The van der Waals surface area contributed by atoms with Gasteiger partial charge in [0.1, 0.15) is 6.04 Å². The van der Waals surface area contributed by atoms with E-state index in [2.05, 4.69) is 10.2 Å². The second-order valence-corrected chi connectivity index (χ2v) is 8.72. The van der Waals surface area contributed by atoms with Crippen LogP contribution in [-0.2, 0) is 22.7 Å². The summed E-state index contributed by atoms with van der Waals surface area (Å²) in [5.41, 5.74) is 9.08. The van der Waals surface area contributed by atoms with Crippen LogP contribution < -0.4 is 11.1 Å². The van der Waals surface area contributed by atoms with Crippen LogP contribution in [0.3, 0.4) is 0 Å². The number of carbonyl (C=O) groups excluding carboxylic acids is 3. The van der Waals surface area contributed by atoms with E-state index in [-0.39, 0.29) is 24.1 Å². The van der Waals surface area contributed by atoms with E-state index in [1.54, 1.807) is 4.90 Å². The number of likely N-dealkylation sites (tertiary alicyclic amines) is 1. The molecule has 3 fully saturated rings. The Labute approximate surface area is 164 Å². The number of nitrogens with two attached hydrogens (primary N) is 1. The monoisotopic (exact) mass is 382 g/mol. The summed E-state index contributed by atoms with van der Waals surface area (Å²) in [5.74, 6) is 0.415. The van der Waals surface area contributed by atoms with Gasteiger partial charge >= 0.3 is 0 Å². The van der Waals surface area contributed by atoms with Crippen molar-refractivity contribution in [2.45, 2.75) is 50.9 Å². The molecule has 3 heterocycles. The molecule has 1 saturated carbocycles. The second-order valence-electron chi connectivity index (χ2n) is 8.72. The van der Waals surface area contributed by atoms with E-state index in [1.165, 1.54) is 12.8 Å². The first-order chi connectivity index (χ1) is 13.5. The van der Waals surface area contributed by atoms with Crippen LogP contribution in [0.4, 0.5) is 0 Å². The molecule has 148 valence electrons. The second kappa shape index (κ2) is 6.67. The molecule has 7 nitrogen and oxygen atoms in total. The topological polar surface area (TPSA) is 95.7 Å². The lowest BCUT2D eigenvalue weighted by Gasteiger charge is -2.36. The smallest absolute Gasteiger partial charge is 0.255 e. The zero-order valence-corrected chi connectivity index (χ0v) is 15.9. The van der Waals surface area contributed by atoms with Gasteiger partial charge in [0.25, 0.3) is 5.91 Å². The highest BCUT2D eigenvalue weighted by Gasteiger charge is 2.42. The van der Waals surface area contributed by atoms with Crippen LogP contribution in [0, 0.1) is 11.8 Å². The molecule has 3 atom stereocenters. The fraction of sp³-hybridized carbons (Fsp3) is 0.571. The first-order valence-electron chi connectivity index (χ1n) is 10.2. The van der Waals surface area contributed by atoms with Gasteiger partial charge < -0.3 is 10.6 Å². The number of hydrogen-bond donors (Lipinski definition) is 2. The molecule has 7 heteroatoms. The Balaban J connectivity index is 1.36. The van der Waals surface area contributed by atoms with Crippen molar-refractivity contribution in [1.29, 1.82) is 0 Å². The average Bonchev–Trinajstić information content (AvgIpc) is 3.07. The lowest BCUT2D eigenvalue weighted by molar-refractivity contribution is -0.136. The molecule has 4 aliphatic rings. The minimum absolute atomic E-state index is 0.0863. The Morgan fingerprint density at radius 2 is 1.82 bits per heavy atom. The highest BCUT2D eigenvalue weighted by atomic mass is 16.2. The summed E-state index contributed by atoms with van der Waals surface area (Å²) in [6.07, 6.45) is 3.09. The van der Waals surface area contributed by atoms with E-state index in [0.29, 0.717) is 30.8 Å². The van der Waals surface area contributed by atoms with E-state index in [9.17, 15) is 14.4 Å². The Hall–Kier alpha value is -2.25. The molecule has 0 spiro atoms. The number of fused-ring (bicyclic) bond motifs is 3. The highest BCUT2D eigenvalue weighted by molar-refractivity contribution is 6.05. The molecule has 5 rings (SSSR count). The number of piperidine rings is 2. The summed E-state index contributed by atoms with van der Waals surface area (Å²) in [7, 11) is 0. The van der Waals surface area contributed by atoms with Gasteiger partial charge in [-0.25, -0.2) is 0 Å². The fourth-order valence-electron chi connectivity index (χ4n) is 5.55. The maximum Gasteiger partial charge on any atom is 0.255 e. The molecule has 28 heavy (non-hydrogen) atoms. The molecule has 3 amide bonds. The molecule has 1 aromatic carbocycles. The molecule has 3 unspecified atom stereocenters. The number of imide groups is 1. The van der Waals surface area contributed by atoms with Gasteiger partial charge in [-0.15, -0.1) is 0 Å². The predicted molar refractivity (Wildman–Crippen MR) is 102 cm³/mol. The summed E-state index contributed by atoms with van der Waals surface area (Å²) in [5, 5.41) is 2.36. The number of amides is 3. The van der Waals surface area contributed by atoms with Gasteiger partial charge in [-0.1, -0.05) is 18.2 Å². The third-order valence-electron chi connectivity index (χ3n) is 7.02. The Morgan fingerprint density at radius 3 is 2.54 bits per heavy atom. The molecule has 1 aliphatic carbocycles. The summed E-state index contributed by atoms with van der Waals surface area (Å²) in [6, 6.07) is 5.76. The minimum Gasteiger partial charge on any atom is -0.327 e. The Bertz CT molecular complexity index is 840. The quantitative estimate of drug-likeness (QED) is 0.747. The van der Waals surface area contributed by atoms with Gasteiger partial charge in [0.2, 0.25) is 11.8 Å². The molecule has 0 aromatic heterocycles. The van der Waals surface area contributed by atoms with Crippen molar-refractivity contribution in [2.24, 2.45) is 17.6 Å². The predicted octanol–water partition coefficient (Wildman–Crippen LogP) is 0.617. The van der Waals surface area contributed by atoms with E-state index in [1.807, 2.05) is 18.2 Å². The van der Waals surface area contributed by atoms with Crippen LogP contribution in [-0.4, -0.2) is 52.7 Å². The van der Waals surface area contributed by atoms with Gasteiger partial charge in [0.15, 0.2) is 0 Å². The summed E-state index contributed by atoms with van der Waals surface area (Å²) in [6.45, 7) is 3.17. The lowest BCUT2D eigenvalue weighted by Crippen LogP contribution is -2.52. The zero-order valence-electron chi connectivity index (χ0n) is 15.9. The van der Waals surface area contributed by atoms with Gasteiger partial charge in [-0.3, -0.25) is 24.6 Å². The molecule has 1 aromatic rings. The number of nitrogens with one attached hydrogen (secondary N) is 1. The number of nitrogens with zero attached hydrogens (tertiary/aromatic N) is 2.